The average Bonchev–Trinajstić information content (AvgIpc) is 3.30. The largest absolute Gasteiger partial charge is 0.341 e. The van der Waals surface area contributed by atoms with Gasteiger partial charge in [0.05, 0.1) is 11.6 Å². The van der Waals surface area contributed by atoms with Gasteiger partial charge in [-0.2, -0.15) is 5.10 Å². The number of aryl methyl sites for hydroxylation is 2. The summed E-state index contributed by atoms with van der Waals surface area (Å²) in [5.41, 5.74) is 4.28. The van der Waals surface area contributed by atoms with E-state index in [9.17, 15) is 4.79 Å². The highest BCUT2D eigenvalue weighted by molar-refractivity contribution is 5.83. The molecule has 7 nitrogen and oxygen atoms in total. The number of benzene rings is 1. The Labute approximate surface area is 171 Å². The van der Waals surface area contributed by atoms with Crippen LogP contribution >= 0.6 is 0 Å². The van der Waals surface area contributed by atoms with E-state index in [2.05, 4.69) is 33.7 Å². The van der Waals surface area contributed by atoms with Gasteiger partial charge in [-0.3, -0.25) is 9.48 Å². The monoisotopic (exact) mass is 392 g/mol. The zero-order valence-electron chi connectivity index (χ0n) is 17.6. The van der Waals surface area contributed by atoms with Crippen LogP contribution in [0.2, 0.25) is 0 Å². The van der Waals surface area contributed by atoms with Crippen molar-refractivity contribution in [1.82, 2.24) is 29.4 Å². The van der Waals surface area contributed by atoms with Crippen LogP contribution in [0.1, 0.15) is 48.5 Å². The van der Waals surface area contributed by atoms with Crippen LogP contribution < -0.4 is 0 Å². The lowest BCUT2D eigenvalue weighted by molar-refractivity contribution is -0.132. The average molecular weight is 393 g/mol. The molecule has 0 saturated carbocycles. The van der Waals surface area contributed by atoms with E-state index in [4.69, 9.17) is 0 Å². The number of fused-ring (bicyclic) bond motifs is 1. The molecule has 1 atom stereocenters. The SMILES string of the molecule is CCn1nc(C)c(CN(C)C(=O)C2CCCn3c(-c4ccccc4)nnc32)c1C. The summed E-state index contributed by atoms with van der Waals surface area (Å²) in [7, 11) is 1.87. The van der Waals surface area contributed by atoms with Crippen LogP contribution in [-0.2, 0) is 24.4 Å². The molecule has 4 rings (SSSR count). The number of hydrogen-bond acceptors (Lipinski definition) is 4. The Balaban J connectivity index is 1.58. The summed E-state index contributed by atoms with van der Waals surface area (Å²) in [6, 6.07) is 10.1. The molecular weight excluding hydrogens is 364 g/mol. The molecule has 0 N–H and O–H groups in total. The van der Waals surface area contributed by atoms with Crippen LogP contribution in [0, 0.1) is 13.8 Å². The molecule has 3 aromatic rings. The Kier molecular flexibility index (Phi) is 5.22. The minimum atomic E-state index is -0.249. The van der Waals surface area contributed by atoms with Crippen LogP contribution in [0.3, 0.4) is 0 Å². The standard InChI is InChI=1S/C22H28N6O/c1-5-28-16(3)19(15(2)25-28)14-26(4)22(29)18-12-9-13-27-20(23-24-21(18)27)17-10-7-6-8-11-17/h6-8,10-11,18H,5,9,12-14H2,1-4H3. The maximum Gasteiger partial charge on any atom is 0.233 e. The van der Waals surface area contributed by atoms with Gasteiger partial charge in [-0.05, 0) is 33.6 Å². The highest BCUT2D eigenvalue weighted by Crippen LogP contribution is 2.31. The first-order chi connectivity index (χ1) is 14.0. The number of rotatable bonds is 5. The number of likely N-dealkylation sites (N-methyl/N-ethyl adjacent to an activating group) is 1. The Morgan fingerprint density at radius 1 is 1.21 bits per heavy atom. The smallest absolute Gasteiger partial charge is 0.233 e. The highest BCUT2D eigenvalue weighted by atomic mass is 16.2. The molecule has 1 amide bonds. The van der Waals surface area contributed by atoms with E-state index in [1.165, 1.54) is 0 Å². The van der Waals surface area contributed by atoms with E-state index in [-0.39, 0.29) is 11.8 Å². The summed E-state index contributed by atoms with van der Waals surface area (Å²) < 4.78 is 4.10. The van der Waals surface area contributed by atoms with Crippen LogP contribution in [0.4, 0.5) is 0 Å². The third-order valence-corrected chi connectivity index (χ3v) is 5.90. The molecule has 0 fully saturated rings. The van der Waals surface area contributed by atoms with Crippen molar-refractivity contribution >= 4 is 5.91 Å². The molecule has 0 spiro atoms. The normalized spacial score (nSPS) is 15.9. The van der Waals surface area contributed by atoms with Gasteiger partial charge in [0.1, 0.15) is 5.82 Å². The summed E-state index contributed by atoms with van der Waals surface area (Å²) in [5.74, 6) is 1.47. The lowest BCUT2D eigenvalue weighted by Gasteiger charge is -2.27. The molecular formula is C22H28N6O. The van der Waals surface area contributed by atoms with Crippen LogP contribution in [0.25, 0.3) is 11.4 Å². The molecule has 0 radical (unpaired) electrons. The first kappa shape index (κ1) is 19.4. The van der Waals surface area contributed by atoms with Crippen molar-refractivity contribution in [1.29, 1.82) is 0 Å². The molecule has 2 aromatic heterocycles. The molecule has 0 bridgehead atoms. The fourth-order valence-electron chi connectivity index (χ4n) is 4.26. The maximum atomic E-state index is 13.3. The maximum absolute atomic E-state index is 13.3. The molecule has 152 valence electrons. The third-order valence-electron chi connectivity index (χ3n) is 5.90. The second-order valence-corrected chi connectivity index (χ2v) is 7.75. The van der Waals surface area contributed by atoms with Crippen molar-refractivity contribution < 1.29 is 4.79 Å². The van der Waals surface area contributed by atoms with Crippen molar-refractivity contribution in [2.24, 2.45) is 0 Å². The lowest BCUT2D eigenvalue weighted by Crippen LogP contribution is -2.34. The van der Waals surface area contributed by atoms with Crippen molar-refractivity contribution in [2.45, 2.75) is 59.2 Å². The molecule has 0 aliphatic carbocycles. The molecule has 0 saturated heterocycles. The third kappa shape index (κ3) is 3.45. The van der Waals surface area contributed by atoms with Crippen molar-refractivity contribution in [3.8, 4) is 11.4 Å². The topological polar surface area (TPSA) is 68.8 Å². The lowest BCUT2D eigenvalue weighted by atomic mass is 9.96. The first-order valence-electron chi connectivity index (χ1n) is 10.3. The van der Waals surface area contributed by atoms with E-state index in [0.29, 0.717) is 6.54 Å². The number of nitrogens with zero attached hydrogens (tertiary/aromatic N) is 6. The van der Waals surface area contributed by atoms with Crippen molar-refractivity contribution in [3.63, 3.8) is 0 Å². The van der Waals surface area contributed by atoms with Gasteiger partial charge in [-0.25, -0.2) is 0 Å². The second-order valence-electron chi connectivity index (χ2n) is 7.75. The number of hydrogen-bond donors (Lipinski definition) is 0. The molecule has 1 unspecified atom stereocenters. The predicted octanol–water partition coefficient (Wildman–Crippen LogP) is 3.31. The zero-order chi connectivity index (χ0) is 20.5. The summed E-state index contributed by atoms with van der Waals surface area (Å²) in [4.78, 5) is 15.1. The molecule has 7 heteroatoms. The number of amides is 1. The van der Waals surface area contributed by atoms with E-state index < -0.39 is 0 Å². The van der Waals surface area contributed by atoms with Gasteiger partial charge < -0.3 is 9.47 Å². The predicted molar refractivity (Wildman–Crippen MR) is 111 cm³/mol. The minimum absolute atomic E-state index is 0.0982. The van der Waals surface area contributed by atoms with Gasteiger partial charge in [0.2, 0.25) is 5.91 Å². The number of carbonyl (C=O) groups excluding carboxylic acids is 1. The summed E-state index contributed by atoms with van der Waals surface area (Å²) in [6.07, 6.45) is 1.75. The molecule has 1 aliphatic heterocycles. The Hall–Kier alpha value is -2.96. The van der Waals surface area contributed by atoms with E-state index in [0.717, 1.165) is 60.1 Å². The molecule has 1 aliphatic rings. The Bertz CT molecular complexity index is 1020. The Morgan fingerprint density at radius 2 is 1.97 bits per heavy atom. The second kappa shape index (κ2) is 7.81. The van der Waals surface area contributed by atoms with Crippen LogP contribution in [0.5, 0.6) is 0 Å². The number of aromatic nitrogens is 5. The fourth-order valence-corrected chi connectivity index (χ4v) is 4.26. The van der Waals surface area contributed by atoms with E-state index in [1.54, 1.807) is 0 Å². The summed E-state index contributed by atoms with van der Waals surface area (Å²) in [5, 5.41) is 13.4. The zero-order valence-corrected chi connectivity index (χ0v) is 17.6. The summed E-state index contributed by atoms with van der Waals surface area (Å²) in [6.45, 7) is 8.40. The van der Waals surface area contributed by atoms with Gasteiger partial charge in [0, 0.05) is 43.5 Å². The van der Waals surface area contributed by atoms with Gasteiger partial charge in [-0.1, -0.05) is 30.3 Å². The van der Waals surface area contributed by atoms with Crippen molar-refractivity contribution in [3.05, 3.63) is 53.1 Å². The highest BCUT2D eigenvalue weighted by Gasteiger charge is 2.33. The van der Waals surface area contributed by atoms with Crippen LogP contribution in [0.15, 0.2) is 30.3 Å². The van der Waals surface area contributed by atoms with Gasteiger partial charge in [0.15, 0.2) is 5.82 Å². The van der Waals surface area contributed by atoms with E-state index in [1.807, 2.05) is 53.9 Å². The molecule has 3 heterocycles. The molecule has 1 aromatic carbocycles. The van der Waals surface area contributed by atoms with E-state index >= 15 is 0 Å². The quantitative estimate of drug-likeness (QED) is 0.668. The summed E-state index contributed by atoms with van der Waals surface area (Å²) >= 11 is 0. The van der Waals surface area contributed by atoms with Gasteiger partial charge >= 0.3 is 0 Å². The minimum Gasteiger partial charge on any atom is -0.341 e. The Morgan fingerprint density at radius 3 is 2.66 bits per heavy atom. The van der Waals surface area contributed by atoms with Gasteiger partial charge in [0.25, 0.3) is 0 Å². The molecule has 29 heavy (non-hydrogen) atoms. The van der Waals surface area contributed by atoms with Crippen molar-refractivity contribution in [2.75, 3.05) is 7.05 Å². The first-order valence-corrected chi connectivity index (χ1v) is 10.3. The number of carbonyl (C=O) groups is 1. The van der Waals surface area contributed by atoms with Crippen LogP contribution in [-0.4, -0.2) is 42.4 Å². The fraction of sp³-hybridized carbons (Fsp3) is 0.455. The van der Waals surface area contributed by atoms with Gasteiger partial charge in [-0.15, -0.1) is 10.2 Å².